The molecule has 1 heteroatoms. The smallest absolute Gasteiger partial charge is 0.00743 e. The predicted molar refractivity (Wildman–Crippen MR) is 63.1 cm³/mol. The summed E-state index contributed by atoms with van der Waals surface area (Å²) in [5.41, 5.74) is 9.41. The summed E-state index contributed by atoms with van der Waals surface area (Å²) >= 11 is 0. The molecule has 0 fully saturated rings. The molecule has 0 aromatic heterocycles. The van der Waals surface area contributed by atoms with Crippen LogP contribution in [0.1, 0.15) is 30.9 Å². The van der Waals surface area contributed by atoms with Crippen molar-refractivity contribution in [2.24, 2.45) is 5.73 Å². The van der Waals surface area contributed by atoms with Gasteiger partial charge in [-0.3, -0.25) is 0 Å². The Morgan fingerprint density at radius 2 is 1.93 bits per heavy atom. The van der Waals surface area contributed by atoms with Crippen LogP contribution in [0.5, 0.6) is 0 Å². The Balaban J connectivity index is 2.64. The molecule has 1 rings (SSSR count). The van der Waals surface area contributed by atoms with Crippen LogP contribution in [0.25, 0.3) is 5.57 Å². The molecule has 2 N–H and O–H groups in total. The quantitative estimate of drug-likeness (QED) is 0.723. The summed E-state index contributed by atoms with van der Waals surface area (Å²) in [7, 11) is 0. The van der Waals surface area contributed by atoms with E-state index in [9.17, 15) is 0 Å². The molecule has 1 aromatic rings. The van der Waals surface area contributed by atoms with E-state index in [0.29, 0.717) is 0 Å². The van der Waals surface area contributed by atoms with E-state index in [2.05, 4.69) is 44.2 Å². The fourth-order valence-corrected chi connectivity index (χ4v) is 1.37. The van der Waals surface area contributed by atoms with Crippen LogP contribution in [0.4, 0.5) is 0 Å². The number of hydrogen-bond donors (Lipinski definition) is 1. The Labute approximate surface area is 86.6 Å². The highest BCUT2D eigenvalue weighted by atomic mass is 14.5. The van der Waals surface area contributed by atoms with Gasteiger partial charge in [0.05, 0.1) is 0 Å². The highest BCUT2D eigenvalue weighted by Crippen LogP contribution is 2.15. The Hall–Kier alpha value is -1.08. The van der Waals surface area contributed by atoms with Crippen LogP contribution in [0.15, 0.2) is 30.3 Å². The van der Waals surface area contributed by atoms with E-state index in [1.807, 2.05) is 0 Å². The third-order valence-corrected chi connectivity index (χ3v) is 2.37. The van der Waals surface area contributed by atoms with Crippen molar-refractivity contribution in [2.45, 2.75) is 26.7 Å². The maximum absolute atomic E-state index is 5.44. The van der Waals surface area contributed by atoms with Gasteiger partial charge >= 0.3 is 0 Å². The monoisotopic (exact) mass is 189 g/mol. The van der Waals surface area contributed by atoms with Gasteiger partial charge in [-0.05, 0) is 44.4 Å². The van der Waals surface area contributed by atoms with E-state index in [1.54, 1.807) is 0 Å². The first kappa shape index (κ1) is 11.0. The first-order valence-corrected chi connectivity index (χ1v) is 5.18. The van der Waals surface area contributed by atoms with Crippen LogP contribution in [-0.4, -0.2) is 6.54 Å². The van der Waals surface area contributed by atoms with Crippen molar-refractivity contribution in [3.63, 3.8) is 0 Å². The predicted octanol–water partition coefficient (Wildman–Crippen LogP) is 3.14. The molecule has 0 radical (unpaired) electrons. The van der Waals surface area contributed by atoms with Gasteiger partial charge < -0.3 is 5.73 Å². The number of nitrogens with two attached hydrogens (primary N) is 1. The lowest BCUT2D eigenvalue weighted by Crippen LogP contribution is -1.96. The van der Waals surface area contributed by atoms with Gasteiger partial charge in [0.2, 0.25) is 0 Å². The van der Waals surface area contributed by atoms with Gasteiger partial charge in [-0.25, -0.2) is 0 Å². The molecule has 0 bridgehead atoms. The summed E-state index contributed by atoms with van der Waals surface area (Å²) in [6.45, 7) is 5.04. The number of hydrogen-bond acceptors (Lipinski definition) is 1. The molecule has 0 saturated carbocycles. The fraction of sp³-hybridized carbons (Fsp3) is 0.385. The van der Waals surface area contributed by atoms with Crippen molar-refractivity contribution >= 4 is 5.57 Å². The summed E-state index contributed by atoms with van der Waals surface area (Å²) in [6, 6.07) is 8.64. The van der Waals surface area contributed by atoms with Gasteiger partial charge in [0.25, 0.3) is 0 Å². The first-order chi connectivity index (χ1) is 6.74. The molecule has 0 saturated heterocycles. The first-order valence-electron chi connectivity index (χ1n) is 5.18. The minimum Gasteiger partial charge on any atom is -0.330 e. The van der Waals surface area contributed by atoms with Crippen LogP contribution in [0, 0.1) is 6.92 Å². The van der Waals surface area contributed by atoms with Gasteiger partial charge in [-0.15, -0.1) is 0 Å². The normalized spacial score (nSPS) is 11.8. The summed E-state index contributed by atoms with van der Waals surface area (Å²) < 4.78 is 0. The molecule has 0 aliphatic heterocycles. The second-order valence-corrected chi connectivity index (χ2v) is 3.68. The van der Waals surface area contributed by atoms with Gasteiger partial charge in [-0.1, -0.05) is 35.9 Å². The van der Waals surface area contributed by atoms with E-state index in [-0.39, 0.29) is 0 Å². The van der Waals surface area contributed by atoms with Crippen molar-refractivity contribution in [3.8, 4) is 0 Å². The average molecular weight is 189 g/mol. The van der Waals surface area contributed by atoms with E-state index in [1.165, 1.54) is 16.7 Å². The molecule has 0 heterocycles. The minimum atomic E-state index is 0.775. The van der Waals surface area contributed by atoms with Crippen LogP contribution >= 0.6 is 0 Å². The third kappa shape index (κ3) is 3.35. The lowest BCUT2D eigenvalue weighted by molar-refractivity contribution is 0.855. The zero-order valence-corrected chi connectivity index (χ0v) is 9.09. The summed E-state index contributed by atoms with van der Waals surface area (Å²) in [4.78, 5) is 0. The van der Waals surface area contributed by atoms with Crippen molar-refractivity contribution in [3.05, 3.63) is 41.5 Å². The van der Waals surface area contributed by atoms with Crippen molar-refractivity contribution in [1.29, 1.82) is 0 Å². The van der Waals surface area contributed by atoms with E-state index < -0.39 is 0 Å². The number of benzene rings is 1. The average Bonchev–Trinajstić information content (AvgIpc) is 2.19. The lowest BCUT2D eigenvalue weighted by Gasteiger charge is -2.02. The van der Waals surface area contributed by atoms with Crippen LogP contribution in [0.3, 0.4) is 0 Å². The number of aryl methyl sites for hydroxylation is 1. The third-order valence-electron chi connectivity index (χ3n) is 2.37. The second kappa shape index (κ2) is 5.61. The number of allylic oxidation sites excluding steroid dienone is 2. The molecule has 0 spiro atoms. The van der Waals surface area contributed by atoms with Gasteiger partial charge in [0, 0.05) is 0 Å². The topological polar surface area (TPSA) is 26.0 Å². The zero-order chi connectivity index (χ0) is 10.4. The Morgan fingerprint density at radius 3 is 2.50 bits per heavy atom. The molecule has 0 aliphatic rings. The van der Waals surface area contributed by atoms with E-state index in [0.717, 1.165) is 19.4 Å². The van der Waals surface area contributed by atoms with Crippen LogP contribution in [-0.2, 0) is 0 Å². The molecular formula is C13H19N. The molecule has 0 unspecified atom stereocenters. The number of rotatable bonds is 4. The Morgan fingerprint density at radius 1 is 1.29 bits per heavy atom. The highest BCUT2D eigenvalue weighted by Gasteiger charge is 1.93. The molecule has 0 aliphatic carbocycles. The Kier molecular flexibility index (Phi) is 4.41. The van der Waals surface area contributed by atoms with E-state index in [4.69, 9.17) is 5.73 Å². The zero-order valence-electron chi connectivity index (χ0n) is 9.09. The highest BCUT2D eigenvalue weighted by molar-refractivity contribution is 5.63. The second-order valence-electron chi connectivity index (χ2n) is 3.68. The van der Waals surface area contributed by atoms with Gasteiger partial charge in [0.1, 0.15) is 0 Å². The van der Waals surface area contributed by atoms with Crippen LogP contribution < -0.4 is 5.73 Å². The minimum absolute atomic E-state index is 0.775. The number of unbranched alkanes of at least 4 members (excludes halogenated alkanes) is 1. The van der Waals surface area contributed by atoms with Gasteiger partial charge in [-0.2, -0.15) is 0 Å². The molecule has 14 heavy (non-hydrogen) atoms. The lowest BCUT2D eigenvalue weighted by atomic mass is 10.0. The summed E-state index contributed by atoms with van der Waals surface area (Å²) in [5.74, 6) is 0. The molecule has 0 amide bonds. The molecule has 0 atom stereocenters. The van der Waals surface area contributed by atoms with Crippen molar-refractivity contribution in [1.82, 2.24) is 0 Å². The van der Waals surface area contributed by atoms with Crippen molar-refractivity contribution in [2.75, 3.05) is 6.54 Å². The van der Waals surface area contributed by atoms with E-state index >= 15 is 0 Å². The SMILES string of the molecule is C/C(=C\CCCN)c1ccc(C)cc1. The van der Waals surface area contributed by atoms with Gasteiger partial charge in [0.15, 0.2) is 0 Å². The largest absolute Gasteiger partial charge is 0.330 e. The Bertz CT molecular complexity index is 296. The summed E-state index contributed by atoms with van der Waals surface area (Å²) in [5, 5.41) is 0. The standard InChI is InChI=1S/C13H19N/c1-11-6-8-13(9-7-11)12(2)5-3-4-10-14/h5-9H,3-4,10,14H2,1-2H3/b12-5+. The summed E-state index contributed by atoms with van der Waals surface area (Å²) in [6.07, 6.45) is 4.41. The van der Waals surface area contributed by atoms with Crippen molar-refractivity contribution < 1.29 is 0 Å². The van der Waals surface area contributed by atoms with Crippen LogP contribution in [0.2, 0.25) is 0 Å². The fourth-order valence-electron chi connectivity index (χ4n) is 1.37. The maximum Gasteiger partial charge on any atom is -0.00743 e. The molecule has 1 nitrogen and oxygen atoms in total. The molecular weight excluding hydrogens is 170 g/mol. The molecule has 76 valence electrons. The molecule has 1 aromatic carbocycles. The maximum atomic E-state index is 5.44.